The number of ether oxygens (including phenoxy) is 1. The van der Waals surface area contributed by atoms with Crippen LogP contribution >= 0.6 is 0 Å². The normalized spacial score (nSPS) is 9.67. The zero-order chi connectivity index (χ0) is 13.9. The van der Waals surface area contributed by atoms with Crippen LogP contribution in [0, 0.1) is 10.1 Å². The molecule has 0 aliphatic rings. The second-order valence-corrected chi connectivity index (χ2v) is 3.31. The van der Waals surface area contributed by atoms with E-state index in [1.165, 1.54) is 14.0 Å². The number of carbonyl (C=O) groups excluding carboxylic acids is 1. The molecule has 0 saturated carbocycles. The Labute approximate surface area is 101 Å². The van der Waals surface area contributed by atoms with Gasteiger partial charge in [-0.1, -0.05) is 0 Å². The molecule has 1 amide bonds. The Kier molecular flexibility index (Phi) is 3.82. The maximum absolute atomic E-state index is 10.9. The average molecular weight is 254 g/mol. The predicted molar refractivity (Wildman–Crippen MR) is 60.9 cm³/mol. The van der Waals surface area contributed by atoms with Crippen molar-refractivity contribution in [2.75, 3.05) is 12.4 Å². The Morgan fingerprint density at radius 2 is 2.06 bits per heavy atom. The highest BCUT2D eigenvalue weighted by Crippen LogP contribution is 2.32. The quantitative estimate of drug-likeness (QED) is 0.616. The number of nitrogens with zero attached hydrogens (tertiary/aromatic N) is 1. The third kappa shape index (κ3) is 2.73. The van der Waals surface area contributed by atoms with E-state index in [4.69, 9.17) is 9.84 Å². The lowest BCUT2D eigenvalue weighted by molar-refractivity contribution is -0.384. The van der Waals surface area contributed by atoms with E-state index in [2.05, 4.69) is 5.32 Å². The number of carboxylic acid groups (broad SMARTS) is 1. The summed E-state index contributed by atoms with van der Waals surface area (Å²) < 4.78 is 4.81. The summed E-state index contributed by atoms with van der Waals surface area (Å²) >= 11 is 0. The van der Waals surface area contributed by atoms with Gasteiger partial charge in [-0.05, 0) is 0 Å². The molecule has 0 spiro atoms. The Morgan fingerprint density at radius 3 is 2.44 bits per heavy atom. The molecule has 0 radical (unpaired) electrons. The molecular formula is C10H10N2O6. The minimum atomic E-state index is -1.36. The Hall–Kier alpha value is -2.64. The minimum Gasteiger partial charge on any atom is -0.496 e. The summed E-state index contributed by atoms with van der Waals surface area (Å²) in [6.07, 6.45) is 0. The van der Waals surface area contributed by atoms with Gasteiger partial charge in [-0.3, -0.25) is 14.9 Å². The molecule has 1 rings (SSSR count). The SMILES string of the molecule is COc1cc(NC(C)=O)c([N+](=O)[O-])cc1C(=O)O. The molecule has 1 aromatic rings. The zero-order valence-electron chi connectivity index (χ0n) is 9.59. The van der Waals surface area contributed by atoms with E-state index >= 15 is 0 Å². The number of hydrogen-bond donors (Lipinski definition) is 2. The third-order valence-electron chi connectivity index (χ3n) is 2.06. The number of methoxy groups -OCH3 is 1. The van der Waals surface area contributed by atoms with Crippen molar-refractivity contribution in [3.05, 3.63) is 27.8 Å². The highest BCUT2D eigenvalue weighted by atomic mass is 16.6. The Bertz CT molecular complexity index is 525. The smallest absolute Gasteiger partial charge is 0.339 e. The average Bonchev–Trinajstić information content (AvgIpc) is 2.26. The highest BCUT2D eigenvalue weighted by Gasteiger charge is 2.22. The van der Waals surface area contributed by atoms with Crippen molar-refractivity contribution in [2.45, 2.75) is 6.92 Å². The number of amides is 1. The monoisotopic (exact) mass is 254 g/mol. The molecular weight excluding hydrogens is 244 g/mol. The second kappa shape index (κ2) is 5.13. The number of benzene rings is 1. The molecule has 0 aliphatic carbocycles. The summed E-state index contributed by atoms with van der Waals surface area (Å²) in [5, 5.41) is 21.9. The summed E-state index contributed by atoms with van der Waals surface area (Å²) in [5.41, 5.74) is -0.976. The predicted octanol–water partition coefficient (Wildman–Crippen LogP) is 1.26. The molecule has 8 heteroatoms. The van der Waals surface area contributed by atoms with Gasteiger partial charge in [-0.15, -0.1) is 0 Å². The van der Waals surface area contributed by atoms with E-state index in [1.54, 1.807) is 0 Å². The fourth-order valence-electron chi connectivity index (χ4n) is 1.35. The van der Waals surface area contributed by atoms with Gasteiger partial charge in [0.15, 0.2) is 0 Å². The van der Waals surface area contributed by atoms with E-state index < -0.39 is 22.5 Å². The van der Waals surface area contributed by atoms with E-state index in [1.807, 2.05) is 0 Å². The standard InChI is InChI=1S/C10H10N2O6/c1-5(13)11-7-4-9(18-2)6(10(14)15)3-8(7)12(16)17/h3-4H,1-2H3,(H,11,13)(H,14,15). The lowest BCUT2D eigenvalue weighted by atomic mass is 10.1. The van der Waals surface area contributed by atoms with Gasteiger partial charge in [0.05, 0.1) is 12.0 Å². The summed E-state index contributed by atoms with van der Waals surface area (Å²) in [4.78, 5) is 31.8. The van der Waals surface area contributed by atoms with Crippen molar-refractivity contribution in [3.8, 4) is 5.75 Å². The van der Waals surface area contributed by atoms with Crippen LogP contribution in [0.3, 0.4) is 0 Å². The van der Waals surface area contributed by atoms with Crippen molar-refractivity contribution in [2.24, 2.45) is 0 Å². The summed E-state index contributed by atoms with van der Waals surface area (Å²) in [5.74, 6) is -1.94. The lowest BCUT2D eigenvalue weighted by Gasteiger charge is -2.09. The first-order valence-corrected chi connectivity index (χ1v) is 4.74. The molecule has 1 aromatic carbocycles. The highest BCUT2D eigenvalue weighted by molar-refractivity contribution is 5.96. The maximum atomic E-state index is 10.9. The van der Waals surface area contributed by atoms with Crippen LogP contribution < -0.4 is 10.1 Å². The molecule has 96 valence electrons. The molecule has 0 aliphatic heterocycles. The number of rotatable bonds is 4. The summed E-state index contributed by atoms with van der Waals surface area (Å²) in [7, 11) is 1.23. The largest absolute Gasteiger partial charge is 0.496 e. The number of aromatic carboxylic acids is 1. The van der Waals surface area contributed by atoms with Crippen LogP contribution in [-0.4, -0.2) is 29.0 Å². The van der Waals surface area contributed by atoms with Crippen LogP contribution in [-0.2, 0) is 4.79 Å². The van der Waals surface area contributed by atoms with Crippen LogP contribution in [0.2, 0.25) is 0 Å². The van der Waals surface area contributed by atoms with Gasteiger partial charge in [0.1, 0.15) is 17.0 Å². The number of carboxylic acids is 1. The summed E-state index contributed by atoms with van der Waals surface area (Å²) in [6, 6.07) is 1.94. The molecule has 0 unspecified atom stereocenters. The van der Waals surface area contributed by atoms with Gasteiger partial charge < -0.3 is 15.2 Å². The number of anilines is 1. The van der Waals surface area contributed by atoms with Crippen LogP contribution in [0.5, 0.6) is 5.75 Å². The second-order valence-electron chi connectivity index (χ2n) is 3.31. The van der Waals surface area contributed by atoms with Gasteiger partial charge in [0.2, 0.25) is 5.91 Å². The first kappa shape index (κ1) is 13.4. The van der Waals surface area contributed by atoms with Crippen LogP contribution in [0.25, 0.3) is 0 Å². The van der Waals surface area contributed by atoms with Gasteiger partial charge in [-0.2, -0.15) is 0 Å². The van der Waals surface area contributed by atoms with Gasteiger partial charge >= 0.3 is 5.97 Å². The fourth-order valence-corrected chi connectivity index (χ4v) is 1.35. The molecule has 0 bridgehead atoms. The number of hydrogen-bond acceptors (Lipinski definition) is 5. The number of nitrogens with one attached hydrogen (secondary N) is 1. The van der Waals surface area contributed by atoms with Crippen LogP contribution in [0.15, 0.2) is 12.1 Å². The number of nitro groups is 1. The molecule has 18 heavy (non-hydrogen) atoms. The lowest BCUT2D eigenvalue weighted by Crippen LogP contribution is -2.10. The molecule has 8 nitrogen and oxygen atoms in total. The van der Waals surface area contributed by atoms with E-state index in [-0.39, 0.29) is 17.0 Å². The van der Waals surface area contributed by atoms with Crippen molar-refractivity contribution >= 4 is 23.3 Å². The van der Waals surface area contributed by atoms with Crippen LogP contribution in [0.1, 0.15) is 17.3 Å². The van der Waals surface area contributed by atoms with Crippen LogP contribution in [0.4, 0.5) is 11.4 Å². The van der Waals surface area contributed by atoms with Crippen molar-refractivity contribution in [3.63, 3.8) is 0 Å². The third-order valence-corrected chi connectivity index (χ3v) is 2.06. The molecule has 0 atom stereocenters. The first-order chi connectivity index (χ1) is 8.36. The first-order valence-electron chi connectivity index (χ1n) is 4.74. The maximum Gasteiger partial charge on any atom is 0.339 e. The number of nitro benzene ring substituents is 1. The molecule has 0 saturated heterocycles. The van der Waals surface area contributed by atoms with Crippen molar-refractivity contribution in [1.82, 2.24) is 0 Å². The molecule has 0 fully saturated rings. The molecule has 0 heterocycles. The van der Waals surface area contributed by atoms with Gasteiger partial charge in [0.25, 0.3) is 5.69 Å². The fraction of sp³-hybridized carbons (Fsp3) is 0.200. The number of carbonyl (C=O) groups is 2. The summed E-state index contributed by atoms with van der Waals surface area (Å²) in [6.45, 7) is 1.18. The van der Waals surface area contributed by atoms with E-state index in [0.29, 0.717) is 0 Å². The topological polar surface area (TPSA) is 119 Å². The van der Waals surface area contributed by atoms with Gasteiger partial charge in [-0.25, -0.2) is 4.79 Å². The van der Waals surface area contributed by atoms with Gasteiger partial charge in [0, 0.05) is 19.1 Å². The zero-order valence-corrected chi connectivity index (χ0v) is 9.59. The molecule has 0 aromatic heterocycles. The van der Waals surface area contributed by atoms with E-state index in [9.17, 15) is 19.7 Å². The van der Waals surface area contributed by atoms with Crippen molar-refractivity contribution in [1.29, 1.82) is 0 Å². The van der Waals surface area contributed by atoms with Crippen molar-refractivity contribution < 1.29 is 24.4 Å². The Balaban J connectivity index is 3.46. The minimum absolute atomic E-state index is 0.0724. The molecule has 2 N–H and O–H groups in total. The van der Waals surface area contributed by atoms with E-state index in [0.717, 1.165) is 12.1 Å². The Morgan fingerprint density at radius 1 is 1.44 bits per heavy atom.